The quantitative estimate of drug-likeness (QED) is 0.349. The van der Waals surface area contributed by atoms with Crippen LogP contribution >= 0.6 is 0 Å². The molecule has 1 heterocycles. The van der Waals surface area contributed by atoms with E-state index in [0.29, 0.717) is 22.6 Å². The number of ketones is 1. The molecule has 0 radical (unpaired) electrons. The number of carbonyl (C=O) groups excluding carboxylic acids is 2. The van der Waals surface area contributed by atoms with Crippen molar-refractivity contribution in [3.8, 4) is 17.2 Å². The zero-order valence-corrected chi connectivity index (χ0v) is 16.3. The standard InChI is InChI=1S/C24H17FO5/c1-14-11-19(29-24(27)16-5-7-17(25)8-6-16)13-20-22(14)23(26)21(30-20)12-15-3-9-18(28-2)10-4-15/h3-13H,1-2H3/b21-12-. The summed E-state index contributed by atoms with van der Waals surface area (Å²) in [7, 11) is 1.58. The Labute approximate surface area is 172 Å². The minimum atomic E-state index is -0.632. The van der Waals surface area contributed by atoms with Gasteiger partial charge in [-0.15, -0.1) is 0 Å². The summed E-state index contributed by atoms with van der Waals surface area (Å²) in [5.41, 5.74) is 2.05. The van der Waals surface area contributed by atoms with E-state index in [1.165, 1.54) is 30.3 Å². The summed E-state index contributed by atoms with van der Waals surface area (Å²) in [5.74, 6) is 0.133. The van der Waals surface area contributed by atoms with Crippen molar-refractivity contribution in [1.82, 2.24) is 0 Å². The molecule has 0 unspecified atom stereocenters. The van der Waals surface area contributed by atoms with Gasteiger partial charge in [0.2, 0.25) is 5.78 Å². The molecule has 0 saturated carbocycles. The van der Waals surface area contributed by atoms with Crippen LogP contribution in [0.3, 0.4) is 0 Å². The van der Waals surface area contributed by atoms with Crippen LogP contribution in [0.15, 0.2) is 66.4 Å². The molecule has 0 fully saturated rings. The van der Waals surface area contributed by atoms with Crippen molar-refractivity contribution in [3.05, 3.63) is 94.5 Å². The van der Waals surface area contributed by atoms with E-state index >= 15 is 0 Å². The first kappa shape index (κ1) is 19.4. The Morgan fingerprint density at radius 2 is 1.70 bits per heavy atom. The summed E-state index contributed by atoms with van der Waals surface area (Å²) in [6.45, 7) is 1.74. The molecule has 0 bridgehead atoms. The highest BCUT2D eigenvalue weighted by molar-refractivity contribution is 6.15. The predicted molar refractivity (Wildman–Crippen MR) is 108 cm³/mol. The number of allylic oxidation sites excluding steroid dienone is 1. The molecular weight excluding hydrogens is 387 g/mol. The zero-order valence-electron chi connectivity index (χ0n) is 16.3. The summed E-state index contributed by atoms with van der Waals surface area (Å²) in [4.78, 5) is 25.1. The number of ether oxygens (including phenoxy) is 3. The molecule has 3 aromatic rings. The van der Waals surface area contributed by atoms with Crippen LogP contribution in [0, 0.1) is 12.7 Å². The molecule has 0 spiro atoms. The first-order chi connectivity index (χ1) is 14.4. The average molecular weight is 404 g/mol. The molecule has 30 heavy (non-hydrogen) atoms. The van der Waals surface area contributed by atoms with Crippen molar-refractivity contribution in [2.45, 2.75) is 6.92 Å². The number of hydrogen-bond acceptors (Lipinski definition) is 5. The van der Waals surface area contributed by atoms with E-state index in [-0.39, 0.29) is 22.9 Å². The number of hydrogen-bond donors (Lipinski definition) is 0. The molecule has 1 aliphatic heterocycles. The maximum atomic E-state index is 13.0. The molecule has 4 rings (SSSR count). The Balaban J connectivity index is 1.58. The molecule has 1 aliphatic rings. The number of esters is 1. The number of aryl methyl sites for hydroxylation is 1. The Hall–Kier alpha value is -3.93. The maximum absolute atomic E-state index is 13.0. The Morgan fingerprint density at radius 1 is 1.00 bits per heavy atom. The number of methoxy groups -OCH3 is 1. The van der Waals surface area contributed by atoms with E-state index in [1.54, 1.807) is 38.3 Å². The van der Waals surface area contributed by atoms with Gasteiger partial charge in [0.05, 0.1) is 18.2 Å². The molecule has 0 amide bonds. The zero-order chi connectivity index (χ0) is 21.3. The molecule has 150 valence electrons. The van der Waals surface area contributed by atoms with Crippen LogP contribution in [0.5, 0.6) is 17.2 Å². The molecule has 0 aliphatic carbocycles. The monoisotopic (exact) mass is 404 g/mol. The second-order valence-corrected chi connectivity index (χ2v) is 6.72. The highest BCUT2D eigenvalue weighted by atomic mass is 19.1. The summed E-state index contributed by atoms with van der Waals surface area (Å²) in [5, 5.41) is 0. The lowest BCUT2D eigenvalue weighted by molar-refractivity contribution is 0.0734. The summed E-state index contributed by atoms with van der Waals surface area (Å²) in [6, 6.07) is 15.3. The summed E-state index contributed by atoms with van der Waals surface area (Å²) >= 11 is 0. The number of Topliss-reactive ketones (excluding diaryl/α,β-unsaturated/α-hetero) is 1. The topological polar surface area (TPSA) is 61.8 Å². The lowest BCUT2D eigenvalue weighted by Crippen LogP contribution is -2.08. The number of rotatable bonds is 4. The predicted octanol–water partition coefficient (Wildman–Crippen LogP) is 4.98. The van der Waals surface area contributed by atoms with E-state index in [2.05, 4.69) is 0 Å². The first-order valence-electron chi connectivity index (χ1n) is 9.15. The van der Waals surface area contributed by atoms with Gasteiger partial charge in [0, 0.05) is 6.07 Å². The second kappa shape index (κ2) is 7.83. The fraction of sp³-hybridized carbons (Fsp3) is 0.0833. The smallest absolute Gasteiger partial charge is 0.343 e. The minimum absolute atomic E-state index is 0.181. The van der Waals surface area contributed by atoms with Crippen molar-refractivity contribution in [1.29, 1.82) is 0 Å². The maximum Gasteiger partial charge on any atom is 0.343 e. The van der Waals surface area contributed by atoms with Crippen molar-refractivity contribution in [2.75, 3.05) is 7.11 Å². The minimum Gasteiger partial charge on any atom is -0.497 e. The van der Waals surface area contributed by atoms with Gasteiger partial charge in [-0.2, -0.15) is 0 Å². The van der Waals surface area contributed by atoms with E-state index in [4.69, 9.17) is 14.2 Å². The van der Waals surface area contributed by atoms with Gasteiger partial charge >= 0.3 is 5.97 Å². The first-order valence-corrected chi connectivity index (χ1v) is 9.15. The molecule has 3 aromatic carbocycles. The number of carbonyl (C=O) groups is 2. The SMILES string of the molecule is COc1ccc(/C=C2\Oc3cc(OC(=O)c4ccc(F)cc4)cc(C)c3C2=O)cc1. The van der Waals surface area contributed by atoms with Crippen LogP contribution in [0.1, 0.15) is 31.8 Å². The number of benzene rings is 3. The highest BCUT2D eigenvalue weighted by Crippen LogP contribution is 2.37. The van der Waals surface area contributed by atoms with Gasteiger partial charge in [-0.25, -0.2) is 9.18 Å². The van der Waals surface area contributed by atoms with Gasteiger partial charge < -0.3 is 14.2 Å². The van der Waals surface area contributed by atoms with Gasteiger partial charge in [-0.05, 0) is 66.6 Å². The van der Waals surface area contributed by atoms with Gasteiger partial charge in [-0.1, -0.05) is 12.1 Å². The molecule has 5 nitrogen and oxygen atoms in total. The fourth-order valence-electron chi connectivity index (χ4n) is 3.14. The van der Waals surface area contributed by atoms with Crippen LogP contribution < -0.4 is 14.2 Å². The van der Waals surface area contributed by atoms with Crippen LogP contribution in [0.25, 0.3) is 6.08 Å². The fourth-order valence-corrected chi connectivity index (χ4v) is 3.14. The Morgan fingerprint density at radius 3 is 2.37 bits per heavy atom. The van der Waals surface area contributed by atoms with E-state index in [9.17, 15) is 14.0 Å². The molecule has 0 aromatic heterocycles. The van der Waals surface area contributed by atoms with Gasteiger partial charge in [0.25, 0.3) is 0 Å². The van der Waals surface area contributed by atoms with E-state index < -0.39 is 11.8 Å². The third-order valence-electron chi connectivity index (χ3n) is 4.65. The molecule has 6 heteroatoms. The number of fused-ring (bicyclic) bond motifs is 1. The Bertz CT molecular complexity index is 1160. The van der Waals surface area contributed by atoms with Crippen LogP contribution in [-0.4, -0.2) is 18.9 Å². The number of halogens is 1. The normalized spacial score (nSPS) is 13.7. The largest absolute Gasteiger partial charge is 0.497 e. The van der Waals surface area contributed by atoms with Crippen LogP contribution in [-0.2, 0) is 0 Å². The van der Waals surface area contributed by atoms with Crippen LogP contribution in [0.2, 0.25) is 0 Å². The second-order valence-electron chi connectivity index (χ2n) is 6.72. The molecule has 0 saturated heterocycles. The lowest BCUT2D eigenvalue weighted by atomic mass is 10.0. The Kier molecular flexibility index (Phi) is 5.06. The van der Waals surface area contributed by atoms with Gasteiger partial charge in [-0.3, -0.25) is 4.79 Å². The van der Waals surface area contributed by atoms with Crippen molar-refractivity contribution in [3.63, 3.8) is 0 Å². The third kappa shape index (κ3) is 3.80. The lowest BCUT2D eigenvalue weighted by Gasteiger charge is -2.07. The summed E-state index contributed by atoms with van der Waals surface area (Å²) in [6.07, 6.45) is 1.64. The average Bonchev–Trinajstić information content (AvgIpc) is 3.04. The van der Waals surface area contributed by atoms with Crippen molar-refractivity contribution >= 4 is 17.8 Å². The summed E-state index contributed by atoms with van der Waals surface area (Å²) < 4.78 is 29.3. The van der Waals surface area contributed by atoms with Gasteiger partial charge in [0.15, 0.2) is 5.76 Å². The molecule has 0 N–H and O–H groups in total. The molecule has 0 atom stereocenters. The van der Waals surface area contributed by atoms with E-state index in [0.717, 1.165) is 5.56 Å². The van der Waals surface area contributed by atoms with Crippen LogP contribution in [0.4, 0.5) is 4.39 Å². The highest BCUT2D eigenvalue weighted by Gasteiger charge is 2.30. The molecular formula is C24H17FO5. The third-order valence-corrected chi connectivity index (χ3v) is 4.65. The van der Waals surface area contributed by atoms with Gasteiger partial charge in [0.1, 0.15) is 23.1 Å². The van der Waals surface area contributed by atoms with E-state index in [1.807, 2.05) is 12.1 Å². The van der Waals surface area contributed by atoms with Crippen molar-refractivity contribution < 1.29 is 28.2 Å². The van der Waals surface area contributed by atoms with Crippen molar-refractivity contribution in [2.24, 2.45) is 0 Å².